The second-order valence-electron chi connectivity index (χ2n) is 7.19. The van der Waals surface area contributed by atoms with Crippen molar-refractivity contribution in [1.29, 1.82) is 0 Å². The van der Waals surface area contributed by atoms with Crippen LogP contribution in [0.2, 0.25) is 0 Å². The van der Waals surface area contributed by atoms with Gasteiger partial charge in [0.2, 0.25) is 21.8 Å². The minimum atomic E-state index is -3.85. The standard InChI is InChI=1S/C22H28FN3O5S/c1-5-24-22(28)16(2)25(14-17-6-12-20(31-3)13-7-17)21(27)15-26(32(4,29)30)19-10-8-18(23)9-11-19/h6-13,16H,5,14-15H2,1-4H3,(H,24,28)/t16-/m0/s1. The number of hydrogen-bond donors (Lipinski definition) is 1. The first-order valence-corrected chi connectivity index (χ1v) is 11.8. The molecule has 0 aliphatic rings. The lowest BCUT2D eigenvalue weighted by molar-refractivity contribution is -0.139. The van der Waals surface area contributed by atoms with Crippen LogP contribution >= 0.6 is 0 Å². The van der Waals surface area contributed by atoms with E-state index in [1.54, 1.807) is 38.1 Å². The number of nitrogens with one attached hydrogen (secondary N) is 1. The smallest absolute Gasteiger partial charge is 0.244 e. The Bertz CT molecular complexity index is 1030. The van der Waals surface area contributed by atoms with Crippen LogP contribution in [0, 0.1) is 5.82 Å². The Balaban J connectivity index is 2.35. The number of halogens is 1. The summed E-state index contributed by atoms with van der Waals surface area (Å²) in [7, 11) is -2.31. The maximum Gasteiger partial charge on any atom is 0.244 e. The number of carbonyl (C=O) groups is 2. The molecule has 1 atom stereocenters. The quantitative estimate of drug-likeness (QED) is 0.580. The molecule has 0 unspecified atom stereocenters. The van der Waals surface area contributed by atoms with E-state index in [4.69, 9.17) is 4.74 Å². The van der Waals surface area contributed by atoms with E-state index in [9.17, 15) is 22.4 Å². The van der Waals surface area contributed by atoms with Crippen LogP contribution in [-0.4, -0.2) is 57.6 Å². The minimum Gasteiger partial charge on any atom is -0.497 e. The summed E-state index contributed by atoms with van der Waals surface area (Å²) in [6, 6.07) is 10.9. The molecule has 2 rings (SSSR count). The molecule has 0 aliphatic carbocycles. The SMILES string of the molecule is CCNC(=O)[C@H](C)N(Cc1ccc(OC)cc1)C(=O)CN(c1ccc(F)cc1)S(C)(=O)=O. The molecule has 10 heteroatoms. The summed E-state index contributed by atoms with van der Waals surface area (Å²) in [5.41, 5.74) is 0.889. The van der Waals surface area contributed by atoms with Gasteiger partial charge in [-0.1, -0.05) is 12.1 Å². The Morgan fingerprint density at radius 2 is 1.69 bits per heavy atom. The van der Waals surface area contributed by atoms with Crippen LogP contribution < -0.4 is 14.4 Å². The first-order valence-electron chi connectivity index (χ1n) is 10.00. The fraction of sp³-hybridized carbons (Fsp3) is 0.364. The monoisotopic (exact) mass is 465 g/mol. The van der Waals surface area contributed by atoms with Crippen LogP contribution in [0.5, 0.6) is 5.75 Å². The first kappa shape index (κ1) is 25.1. The highest BCUT2D eigenvalue weighted by Crippen LogP contribution is 2.20. The molecule has 0 spiro atoms. The maximum absolute atomic E-state index is 13.3. The summed E-state index contributed by atoms with van der Waals surface area (Å²) in [5.74, 6) is -0.821. The molecule has 174 valence electrons. The van der Waals surface area contributed by atoms with Crippen molar-refractivity contribution in [3.05, 3.63) is 59.9 Å². The number of methoxy groups -OCH3 is 1. The average Bonchev–Trinajstić information content (AvgIpc) is 2.75. The molecule has 8 nitrogen and oxygen atoms in total. The van der Waals surface area contributed by atoms with Gasteiger partial charge in [-0.3, -0.25) is 13.9 Å². The van der Waals surface area contributed by atoms with Crippen molar-refractivity contribution < 1.29 is 27.1 Å². The zero-order valence-electron chi connectivity index (χ0n) is 18.5. The lowest BCUT2D eigenvalue weighted by atomic mass is 10.1. The second kappa shape index (κ2) is 10.9. The van der Waals surface area contributed by atoms with Gasteiger partial charge in [0.1, 0.15) is 24.2 Å². The molecule has 2 amide bonds. The summed E-state index contributed by atoms with van der Waals surface area (Å²) < 4.78 is 44.1. The number of rotatable bonds is 10. The molecule has 0 heterocycles. The zero-order chi connectivity index (χ0) is 23.9. The third-order valence-corrected chi connectivity index (χ3v) is 5.96. The van der Waals surface area contributed by atoms with Gasteiger partial charge in [-0.15, -0.1) is 0 Å². The number of sulfonamides is 1. The van der Waals surface area contributed by atoms with Crippen LogP contribution in [0.1, 0.15) is 19.4 Å². The average molecular weight is 466 g/mol. The van der Waals surface area contributed by atoms with Crippen molar-refractivity contribution in [1.82, 2.24) is 10.2 Å². The van der Waals surface area contributed by atoms with E-state index in [0.29, 0.717) is 12.3 Å². The topological polar surface area (TPSA) is 96.0 Å². The van der Waals surface area contributed by atoms with E-state index in [2.05, 4.69) is 5.32 Å². The molecule has 0 saturated carbocycles. The summed E-state index contributed by atoms with van der Waals surface area (Å²) in [6.07, 6.45) is 0.963. The lowest BCUT2D eigenvalue weighted by Crippen LogP contribution is -2.51. The molecule has 0 bridgehead atoms. The number of benzene rings is 2. The van der Waals surface area contributed by atoms with Gasteiger partial charge < -0.3 is 15.0 Å². The van der Waals surface area contributed by atoms with Crippen molar-refractivity contribution in [3.63, 3.8) is 0 Å². The number of anilines is 1. The second-order valence-corrected chi connectivity index (χ2v) is 9.09. The van der Waals surface area contributed by atoms with Gasteiger partial charge in [0, 0.05) is 13.1 Å². The van der Waals surface area contributed by atoms with E-state index >= 15 is 0 Å². The van der Waals surface area contributed by atoms with Gasteiger partial charge in [0.25, 0.3) is 0 Å². The predicted octanol–water partition coefficient (Wildman–Crippen LogP) is 2.15. The largest absolute Gasteiger partial charge is 0.497 e. The van der Waals surface area contributed by atoms with Crippen LogP contribution in [0.4, 0.5) is 10.1 Å². The molecule has 2 aromatic rings. The Labute approximate surface area is 188 Å². The van der Waals surface area contributed by atoms with Crippen LogP contribution in [0.3, 0.4) is 0 Å². The predicted molar refractivity (Wildman–Crippen MR) is 120 cm³/mol. The molecular formula is C22H28FN3O5S. The van der Waals surface area contributed by atoms with Gasteiger partial charge in [0.15, 0.2) is 0 Å². The summed E-state index contributed by atoms with van der Waals surface area (Å²) in [4.78, 5) is 27.0. The summed E-state index contributed by atoms with van der Waals surface area (Å²) >= 11 is 0. The molecular weight excluding hydrogens is 437 g/mol. The van der Waals surface area contributed by atoms with Crippen molar-refractivity contribution in [2.45, 2.75) is 26.4 Å². The van der Waals surface area contributed by atoms with Crippen LogP contribution in [0.15, 0.2) is 48.5 Å². The Morgan fingerprint density at radius 1 is 1.09 bits per heavy atom. The summed E-state index contributed by atoms with van der Waals surface area (Å²) in [5, 5.41) is 2.68. The van der Waals surface area contributed by atoms with Crippen molar-refractivity contribution in [2.75, 3.05) is 30.8 Å². The Morgan fingerprint density at radius 3 is 2.19 bits per heavy atom. The Kier molecular flexibility index (Phi) is 8.59. The van der Waals surface area contributed by atoms with E-state index in [-0.39, 0.29) is 18.1 Å². The van der Waals surface area contributed by atoms with Gasteiger partial charge in [-0.25, -0.2) is 12.8 Å². The van der Waals surface area contributed by atoms with E-state index in [1.807, 2.05) is 0 Å². The molecule has 1 N–H and O–H groups in total. The lowest BCUT2D eigenvalue weighted by Gasteiger charge is -2.31. The molecule has 0 aromatic heterocycles. The number of ether oxygens (including phenoxy) is 1. The van der Waals surface area contributed by atoms with Crippen LogP contribution in [0.25, 0.3) is 0 Å². The molecule has 0 saturated heterocycles. The van der Waals surface area contributed by atoms with Gasteiger partial charge in [-0.2, -0.15) is 0 Å². The highest BCUT2D eigenvalue weighted by Gasteiger charge is 2.29. The highest BCUT2D eigenvalue weighted by molar-refractivity contribution is 7.92. The van der Waals surface area contributed by atoms with Gasteiger partial charge in [0.05, 0.1) is 19.1 Å². The first-order chi connectivity index (χ1) is 15.1. The normalized spacial score (nSPS) is 12.0. The molecule has 32 heavy (non-hydrogen) atoms. The van der Waals surface area contributed by atoms with Gasteiger partial charge in [-0.05, 0) is 55.8 Å². The minimum absolute atomic E-state index is 0.0855. The number of carbonyl (C=O) groups excluding carboxylic acids is 2. The summed E-state index contributed by atoms with van der Waals surface area (Å²) in [6.45, 7) is 3.28. The highest BCUT2D eigenvalue weighted by atomic mass is 32.2. The third-order valence-electron chi connectivity index (χ3n) is 4.82. The van der Waals surface area contributed by atoms with E-state index in [0.717, 1.165) is 28.3 Å². The third kappa shape index (κ3) is 6.68. The zero-order valence-corrected chi connectivity index (χ0v) is 19.4. The number of hydrogen-bond acceptors (Lipinski definition) is 5. The van der Waals surface area contributed by atoms with Crippen molar-refractivity contribution >= 4 is 27.5 Å². The van der Waals surface area contributed by atoms with E-state index in [1.165, 1.54) is 24.1 Å². The fourth-order valence-electron chi connectivity index (χ4n) is 3.05. The number of nitrogens with zero attached hydrogens (tertiary/aromatic N) is 2. The fourth-order valence-corrected chi connectivity index (χ4v) is 3.90. The van der Waals surface area contributed by atoms with Crippen molar-refractivity contribution in [3.8, 4) is 5.75 Å². The molecule has 0 aliphatic heterocycles. The molecule has 0 fully saturated rings. The van der Waals surface area contributed by atoms with Crippen LogP contribution in [-0.2, 0) is 26.2 Å². The maximum atomic E-state index is 13.3. The van der Waals surface area contributed by atoms with E-state index < -0.39 is 34.3 Å². The molecule has 0 radical (unpaired) electrons. The van der Waals surface area contributed by atoms with Gasteiger partial charge >= 0.3 is 0 Å². The number of amides is 2. The number of likely N-dealkylation sites (N-methyl/N-ethyl adjacent to an activating group) is 1. The van der Waals surface area contributed by atoms with Crippen molar-refractivity contribution in [2.24, 2.45) is 0 Å². The Hall–Kier alpha value is -3.14. The molecule has 2 aromatic carbocycles.